The number of benzene rings is 2. The molecule has 0 spiro atoms. The van der Waals surface area contributed by atoms with Gasteiger partial charge in [-0.15, -0.1) is 29.8 Å². The van der Waals surface area contributed by atoms with Crippen LogP contribution in [0, 0.1) is 19.9 Å². The van der Waals surface area contributed by atoms with Gasteiger partial charge >= 0.3 is 0 Å². The third-order valence-electron chi connectivity index (χ3n) is 3.46. The molecule has 3 rings (SSSR count). The third kappa shape index (κ3) is 2.35. The summed E-state index contributed by atoms with van der Waals surface area (Å²) in [6.07, 6.45) is 1.82. The Morgan fingerprint density at radius 2 is 1.80 bits per heavy atom. The van der Waals surface area contributed by atoms with Crippen molar-refractivity contribution < 1.29 is 0 Å². The lowest BCUT2D eigenvalue weighted by atomic mass is 9.93. The van der Waals surface area contributed by atoms with Crippen molar-refractivity contribution in [3.05, 3.63) is 78.0 Å². The number of hydrogen-bond donors (Lipinski definition) is 0. The molecule has 0 N–H and O–H groups in total. The van der Waals surface area contributed by atoms with E-state index in [1.165, 1.54) is 22.3 Å². The second-order valence-corrected chi connectivity index (χ2v) is 4.99. The van der Waals surface area contributed by atoms with Crippen molar-refractivity contribution in [1.29, 1.82) is 0 Å². The monoisotopic (exact) mass is 258 g/mol. The van der Waals surface area contributed by atoms with Crippen LogP contribution in [0.1, 0.15) is 11.1 Å². The molecule has 0 bridgehead atoms. The van der Waals surface area contributed by atoms with Crippen LogP contribution in [0.25, 0.3) is 22.4 Å². The zero-order valence-electron chi connectivity index (χ0n) is 11.7. The van der Waals surface area contributed by atoms with Crippen molar-refractivity contribution in [1.82, 2.24) is 4.98 Å². The molecule has 0 saturated heterocycles. The van der Waals surface area contributed by atoms with E-state index in [2.05, 4.69) is 49.2 Å². The summed E-state index contributed by atoms with van der Waals surface area (Å²) in [5, 5.41) is 0. The van der Waals surface area contributed by atoms with E-state index < -0.39 is 0 Å². The van der Waals surface area contributed by atoms with E-state index in [0.717, 1.165) is 11.3 Å². The minimum absolute atomic E-state index is 0.962. The Balaban J connectivity index is 2.23. The summed E-state index contributed by atoms with van der Waals surface area (Å²) in [7, 11) is 0. The Bertz CT molecular complexity index is 730. The predicted molar refractivity (Wildman–Crippen MR) is 83.4 cm³/mol. The Labute approximate surface area is 119 Å². The van der Waals surface area contributed by atoms with Gasteiger partial charge in [0.05, 0.1) is 0 Å². The minimum atomic E-state index is 0.962. The molecular formula is C19H16N-. The molecular weight excluding hydrogens is 242 g/mol. The van der Waals surface area contributed by atoms with E-state index in [-0.39, 0.29) is 0 Å². The molecule has 0 saturated carbocycles. The van der Waals surface area contributed by atoms with Gasteiger partial charge in [-0.1, -0.05) is 52.6 Å². The van der Waals surface area contributed by atoms with Crippen LogP contribution in [0.4, 0.5) is 0 Å². The van der Waals surface area contributed by atoms with Crippen LogP contribution < -0.4 is 0 Å². The summed E-state index contributed by atoms with van der Waals surface area (Å²) in [4.78, 5) is 4.46. The van der Waals surface area contributed by atoms with Crippen LogP contribution in [0.2, 0.25) is 0 Å². The summed E-state index contributed by atoms with van der Waals surface area (Å²) in [5.41, 5.74) is 6.99. The second kappa shape index (κ2) is 5.30. The molecule has 1 nitrogen and oxygen atoms in total. The van der Waals surface area contributed by atoms with Crippen LogP contribution >= 0.6 is 0 Å². The summed E-state index contributed by atoms with van der Waals surface area (Å²) >= 11 is 0. The highest BCUT2D eigenvalue weighted by Crippen LogP contribution is 2.32. The fourth-order valence-electron chi connectivity index (χ4n) is 2.41. The molecule has 0 unspecified atom stereocenters. The lowest BCUT2D eigenvalue weighted by Gasteiger charge is -2.19. The minimum Gasteiger partial charge on any atom is -0.305 e. The fraction of sp³-hybridized carbons (Fsp3) is 0.105. The second-order valence-electron chi connectivity index (χ2n) is 4.99. The Morgan fingerprint density at radius 3 is 2.60 bits per heavy atom. The lowest BCUT2D eigenvalue weighted by Crippen LogP contribution is -1.90. The standard InChI is InChI=1S/C19H16N/c1-14-10-11-15(2)18(13-14)16-7-3-4-8-17(16)19-9-5-6-12-20-19/h3-7,9-13H,1-2H3/q-1. The van der Waals surface area contributed by atoms with Crippen molar-refractivity contribution in [3.8, 4) is 22.4 Å². The van der Waals surface area contributed by atoms with E-state index in [4.69, 9.17) is 0 Å². The van der Waals surface area contributed by atoms with Crippen LogP contribution in [-0.2, 0) is 0 Å². The van der Waals surface area contributed by atoms with E-state index >= 15 is 0 Å². The molecule has 0 aliphatic heterocycles. The van der Waals surface area contributed by atoms with Gasteiger partial charge in [0.15, 0.2) is 0 Å². The first kappa shape index (κ1) is 12.6. The van der Waals surface area contributed by atoms with Crippen LogP contribution in [0.3, 0.4) is 0 Å². The first-order valence-corrected chi connectivity index (χ1v) is 6.75. The number of aromatic nitrogens is 1. The molecule has 0 atom stereocenters. The van der Waals surface area contributed by atoms with Gasteiger partial charge in [-0.05, 0) is 25.6 Å². The molecule has 3 aromatic rings. The van der Waals surface area contributed by atoms with Gasteiger partial charge < -0.3 is 4.98 Å². The van der Waals surface area contributed by atoms with Crippen LogP contribution in [-0.4, -0.2) is 4.98 Å². The van der Waals surface area contributed by atoms with Crippen molar-refractivity contribution in [3.63, 3.8) is 0 Å². The van der Waals surface area contributed by atoms with E-state index in [1.54, 1.807) is 0 Å². The SMILES string of the molecule is Cc1ccc(C)c(-c2ccc[c-]c2-c2ccccn2)c1. The normalized spacial score (nSPS) is 10.5. The quantitative estimate of drug-likeness (QED) is 0.600. The molecule has 20 heavy (non-hydrogen) atoms. The number of rotatable bonds is 2. The van der Waals surface area contributed by atoms with Crippen molar-refractivity contribution in [2.45, 2.75) is 13.8 Å². The fourth-order valence-corrected chi connectivity index (χ4v) is 2.41. The summed E-state index contributed by atoms with van der Waals surface area (Å²) < 4.78 is 0. The maximum absolute atomic E-state index is 4.46. The smallest absolute Gasteiger partial charge is 0.0160 e. The maximum atomic E-state index is 4.46. The molecule has 1 heterocycles. The van der Waals surface area contributed by atoms with Crippen molar-refractivity contribution >= 4 is 0 Å². The van der Waals surface area contributed by atoms with Crippen molar-refractivity contribution in [2.75, 3.05) is 0 Å². The van der Waals surface area contributed by atoms with Gasteiger partial charge in [-0.3, -0.25) is 0 Å². The van der Waals surface area contributed by atoms with Gasteiger partial charge in [-0.25, -0.2) is 0 Å². The maximum Gasteiger partial charge on any atom is 0.0160 e. The zero-order valence-corrected chi connectivity index (χ0v) is 11.7. The third-order valence-corrected chi connectivity index (χ3v) is 3.46. The summed E-state index contributed by atoms with van der Waals surface area (Å²) in [6, 6.07) is 22.0. The average molecular weight is 258 g/mol. The first-order valence-electron chi connectivity index (χ1n) is 6.75. The molecule has 1 heteroatoms. The highest BCUT2D eigenvalue weighted by Gasteiger charge is 2.03. The van der Waals surface area contributed by atoms with Crippen molar-refractivity contribution in [2.24, 2.45) is 0 Å². The zero-order chi connectivity index (χ0) is 13.9. The summed E-state index contributed by atoms with van der Waals surface area (Å²) in [6.45, 7) is 4.26. The van der Waals surface area contributed by atoms with Gasteiger partial charge in [0, 0.05) is 6.20 Å². The van der Waals surface area contributed by atoms with E-state index in [1.807, 2.05) is 36.5 Å². The Hall–Kier alpha value is -2.41. The number of pyridine rings is 1. The molecule has 1 aromatic heterocycles. The average Bonchev–Trinajstić information content (AvgIpc) is 2.51. The Morgan fingerprint density at radius 1 is 0.900 bits per heavy atom. The highest BCUT2D eigenvalue weighted by atomic mass is 14.7. The number of aryl methyl sites for hydroxylation is 2. The van der Waals surface area contributed by atoms with E-state index in [9.17, 15) is 0 Å². The highest BCUT2D eigenvalue weighted by molar-refractivity contribution is 5.83. The van der Waals surface area contributed by atoms with Crippen LogP contribution in [0.5, 0.6) is 0 Å². The number of nitrogens with zero attached hydrogens (tertiary/aromatic N) is 1. The molecule has 0 fully saturated rings. The van der Waals surface area contributed by atoms with Gasteiger partial charge in [0.25, 0.3) is 0 Å². The number of hydrogen-bond acceptors (Lipinski definition) is 1. The lowest BCUT2D eigenvalue weighted by molar-refractivity contribution is 1.32. The molecule has 0 radical (unpaired) electrons. The molecule has 98 valence electrons. The van der Waals surface area contributed by atoms with Crippen LogP contribution in [0.15, 0.2) is 60.8 Å². The molecule has 0 aliphatic carbocycles. The molecule has 0 amide bonds. The van der Waals surface area contributed by atoms with Gasteiger partial charge in [0.2, 0.25) is 0 Å². The predicted octanol–water partition coefficient (Wildman–Crippen LogP) is 4.83. The summed E-state index contributed by atoms with van der Waals surface area (Å²) in [5.74, 6) is 0. The molecule has 2 aromatic carbocycles. The van der Waals surface area contributed by atoms with E-state index in [0.29, 0.717) is 0 Å². The topological polar surface area (TPSA) is 12.9 Å². The first-order chi connectivity index (χ1) is 9.75. The largest absolute Gasteiger partial charge is 0.305 e. The van der Waals surface area contributed by atoms with Gasteiger partial charge in [-0.2, -0.15) is 0 Å². The Kier molecular flexibility index (Phi) is 3.34. The van der Waals surface area contributed by atoms with Gasteiger partial charge in [0.1, 0.15) is 0 Å². The molecule has 0 aliphatic rings.